The summed E-state index contributed by atoms with van der Waals surface area (Å²) in [7, 11) is 0. The fourth-order valence-corrected chi connectivity index (χ4v) is 3.30. The molecule has 114 valence electrons. The molecule has 0 fully saturated rings. The van der Waals surface area contributed by atoms with E-state index in [1.54, 1.807) is 19.1 Å². The molecule has 0 aliphatic rings. The number of aliphatic hydroxyl groups excluding tert-OH is 1. The van der Waals surface area contributed by atoms with Crippen molar-refractivity contribution in [3.05, 3.63) is 40.7 Å². The van der Waals surface area contributed by atoms with Gasteiger partial charge in [-0.25, -0.2) is 14.4 Å². The third-order valence-electron chi connectivity index (χ3n) is 3.13. The molecule has 0 bridgehead atoms. The number of aromatic nitrogens is 2. The zero-order chi connectivity index (χ0) is 15.7. The van der Waals surface area contributed by atoms with Crippen molar-refractivity contribution in [3.8, 4) is 11.1 Å². The summed E-state index contributed by atoms with van der Waals surface area (Å²) in [6.07, 6.45) is -0.517. The zero-order valence-corrected chi connectivity index (χ0v) is 13.2. The van der Waals surface area contributed by atoms with Crippen LogP contribution in [0.3, 0.4) is 0 Å². The van der Waals surface area contributed by atoms with Crippen LogP contribution in [0.1, 0.15) is 6.92 Å². The molecule has 0 aliphatic heterocycles. The molecule has 22 heavy (non-hydrogen) atoms. The van der Waals surface area contributed by atoms with Crippen molar-refractivity contribution in [1.29, 1.82) is 0 Å². The van der Waals surface area contributed by atoms with Crippen LogP contribution >= 0.6 is 22.9 Å². The minimum Gasteiger partial charge on any atom is -0.392 e. The number of nitrogens with one attached hydrogen (secondary N) is 1. The van der Waals surface area contributed by atoms with E-state index in [2.05, 4.69) is 15.3 Å². The Morgan fingerprint density at radius 3 is 2.73 bits per heavy atom. The second-order valence-electron chi connectivity index (χ2n) is 4.91. The van der Waals surface area contributed by atoms with Crippen molar-refractivity contribution in [2.45, 2.75) is 13.0 Å². The number of hydrogen-bond donors (Lipinski definition) is 2. The third-order valence-corrected chi connectivity index (χ3v) is 4.17. The van der Waals surface area contributed by atoms with Gasteiger partial charge in [0.2, 0.25) is 5.28 Å². The number of fused-ring (bicyclic) bond motifs is 1. The summed E-state index contributed by atoms with van der Waals surface area (Å²) in [5, 5.41) is 15.4. The number of nitrogens with zero attached hydrogens (tertiary/aromatic N) is 2. The second-order valence-corrected chi connectivity index (χ2v) is 6.10. The van der Waals surface area contributed by atoms with Crippen molar-refractivity contribution in [3.63, 3.8) is 0 Å². The fourth-order valence-electron chi connectivity index (χ4n) is 2.13. The predicted octanol–water partition coefficient (Wildman–Crippen LogP) is 3.94. The molecular formula is C15H13ClFN3OS. The SMILES string of the molecule is CC(O)CNc1nc(Cl)nc2scc(-c3ccc(F)cc3)c12. The lowest BCUT2D eigenvalue weighted by Gasteiger charge is -2.10. The molecule has 0 radical (unpaired) electrons. The molecule has 1 aromatic carbocycles. The van der Waals surface area contributed by atoms with Gasteiger partial charge in [0.15, 0.2) is 0 Å². The van der Waals surface area contributed by atoms with E-state index in [0.29, 0.717) is 12.4 Å². The maximum atomic E-state index is 13.1. The second kappa shape index (κ2) is 6.16. The third kappa shape index (κ3) is 3.04. The molecule has 0 spiro atoms. The van der Waals surface area contributed by atoms with Gasteiger partial charge in [-0.05, 0) is 36.2 Å². The Labute approximate surface area is 135 Å². The summed E-state index contributed by atoms with van der Waals surface area (Å²) in [6, 6.07) is 6.25. The first-order chi connectivity index (χ1) is 10.5. The number of halogens is 2. The van der Waals surface area contributed by atoms with E-state index in [1.807, 2.05) is 5.38 Å². The Kier molecular flexibility index (Phi) is 4.24. The molecule has 4 nitrogen and oxygen atoms in total. The zero-order valence-electron chi connectivity index (χ0n) is 11.7. The Morgan fingerprint density at radius 1 is 1.32 bits per heavy atom. The summed E-state index contributed by atoms with van der Waals surface area (Å²) in [6.45, 7) is 2.03. The minimum absolute atomic E-state index is 0.146. The van der Waals surface area contributed by atoms with Crippen molar-refractivity contribution < 1.29 is 9.50 Å². The normalized spacial score (nSPS) is 12.5. The Bertz CT molecular complexity index is 804. The monoisotopic (exact) mass is 337 g/mol. The number of aliphatic hydroxyl groups is 1. The lowest BCUT2D eigenvalue weighted by Crippen LogP contribution is -2.16. The first-order valence-corrected chi connectivity index (χ1v) is 7.93. The summed E-state index contributed by atoms with van der Waals surface area (Å²) in [5.74, 6) is 0.284. The van der Waals surface area contributed by atoms with Crippen molar-refractivity contribution in [2.24, 2.45) is 0 Å². The van der Waals surface area contributed by atoms with Crippen LogP contribution in [-0.4, -0.2) is 27.7 Å². The highest BCUT2D eigenvalue weighted by Crippen LogP contribution is 2.37. The molecule has 2 N–H and O–H groups in total. The molecule has 1 unspecified atom stereocenters. The van der Waals surface area contributed by atoms with E-state index in [1.165, 1.54) is 23.5 Å². The van der Waals surface area contributed by atoms with Gasteiger partial charge in [-0.2, -0.15) is 0 Å². The van der Waals surface area contributed by atoms with Gasteiger partial charge in [-0.1, -0.05) is 12.1 Å². The van der Waals surface area contributed by atoms with Crippen molar-refractivity contribution >= 4 is 39.0 Å². The van der Waals surface area contributed by atoms with Crippen LogP contribution in [0.25, 0.3) is 21.3 Å². The Morgan fingerprint density at radius 2 is 2.05 bits per heavy atom. The highest BCUT2D eigenvalue weighted by atomic mass is 35.5. The Hall–Kier alpha value is -1.76. The highest BCUT2D eigenvalue weighted by Gasteiger charge is 2.15. The van der Waals surface area contributed by atoms with Crippen LogP contribution in [0.2, 0.25) is 5.28 Å². The molecule has 0 saturated carbocycles. The maximum Gasteiger partial charge on any atom is 0.225 e. The number of anilines is 1. The molecule has 3 aromatic rings. The van der Waals surface area contributed by atoms with Gasteiger partial charge >= 0.3 is 0 Å². The molecule has 3 rings (SSSR count). The molecule has 2 aromatic heterocycles. The molecule has 0 saturated heterocycles. The van der Waals surface area contributed by atoms with Crippen LogP contribution in [0.5, 0.6) is 0 Å². The van der Waals surface area contributed by atoms with Crippen LogP contribution in [0.4, 0.5) is 10.2 Å². The first kappa shape index (κ1) is 15.1. The number of thiophene rings is 1. The largest absolute Gasteiger partial charge is 0.392 e. The summed E-state index contributed by atoms with van der Waals surface area (Å²) < 4.78 is 13.1. The van der Waals surface area contributed by atoms with Crippen LogP contribution in [0.15, 0.2) is 29.6 Å². The molecule has 2 heterocycles. The van der Waals surface area contributed by atoms with E-state index in [9.17, 15) is 9.50 Å². The molecule has 0 aliphatic carbocycles. The van der Waals surface area contributed by atoms with Gasteiger partial charge in [0.1, 0.15) is 16.5 Å². The minimum atomic E-state index is -0.517. The smallest absolute Gasteiger partial charge is 0.225 e. The molecule has 1 atom stereocenters. The van der Waals surface area contributed by atoms with Gasteiger partial charge in [0, 0.05) is 17.5 Å². The molecule has 7 heteroatoms. The van der Waals surface area contributed by atoms with E-state index >= 15 is 0 Å². The predicted molar refractivity (Wildman–Crippen MR) is 88.0 cm³/mol. The lowest BCUT2D eigenvalue weighted by atomic mass is 10.1. The number of rotatable bonds is 4. The highest BCUT2D eigenvalue weighted by molar-refractivity contribution is 7.17. The van der Waals surface area contributed by atoms with E-state index in [-0.39, 0.29) is 11.1 Å². The van der Waals surface area contributed by atoms with Gasteiger partial charge < -0.3 is 10.4 Å². The van der Waals surface area contributed by atoms with Gasteiger partial charge in [-0.3, -0.25) is 0 Å². The number of benzene rings is 1. The Balaban J connectivity index is 2.13. The fraction of sp³-hybridized carbons (Fsp3) is 0.200. The van der Waals surface area contributed by atoms with Crippen LogP contribution < -0.4 is 5.32 Å². The summed E-state index contributed by atoms with van der Waals surface area (Å²) >= 11 is 7.39. The van der Waals surface area contributed by atoms with Crippen LogP contribution in [-0.2, 0) is 0 Å². The summed E-state index contributed by atoms with van der Waals surface area (Å²) in [5.41, 5.74) is 1.78. The van der Waals surface area contributed by atoms with Crippen molar-refractivity contribution in [2.75, 3.05) is 11.9 Å². The molecular weight excluding hydrogens is 325 g/mol. The lowest BCUT2D eigenvalue weighted by molar-refractivity contribution is 0.208. The first-order valence-electron chi connectivity index (χ1n) is 6.67. The quantitative estimate of drug-likeness (QED) is 0.708. The average molecular weight is 338 g/mol. The standard InChI is InChI=1S/C15H13ClFN3OS/c1-8(21)6-18-13-12-11(9-2-4-10(17)5-3-9)7-22-14(12)20-15(16)19-13/h2-5,7-8,21H,6H2,1H3,(H,18,19,20). The maximum absolute atomic E-state index is 13.1. The van der Waals surface area contributed by atoms with E-state index in [0.717, 1.165) is 21.3 Å². The summed E-state index contributed by atoms with van der Waals surface area (Å²) in [4.78, 5) is 9.18. The molecule has 0 amide bonds. The number of hydrogen-bond acceptors (Lipinski definition) is 5. The topological polar surface area (TPSA) is 58.0 Å². The van der Waals surface area contributed by atoms with Gasteiger partial charge in [0.05, 0.1) is 11.5 Å². The van der Waals surface area contributed by atoms with Crippen molar-refractivity contribution in [1.82, 2.24) is 9.97 Å². The average Bonchev–Trinajstić information content (AvgIpc) is 2.89. The van der Waals surface area contributed by atoms with Gasteiger partial charge in [0.25, 0.3) is 0 Å². The van der Waals surface area contributed by atoms with E-state index in [4.69, 9.17) is 11.6 Å². The van der Waals surface area contributed by atoms with Crippen LogP contribution in [0, 0.1) is 5.82 Å². The van der Waals surface area contributed by atoms with E-state index < -0.39 is 6.10 Å². The van der Waals surface area contributed by atoms with Gasteiger partial charge in [-0.15, -0.1) is 11.3 Å².